The number of pyridine rings is 2. The first-order chi connectivity index (χ1) is 35.6. The SMILES string of the molecule is CNC(=O)O[C@H](C(=O)NN(Cc1c(F)cc(-c2ccccn2)cc1Cl)C[C@H](O)[C@H](Cc1ccc(C#Cc2ccc(N3C[C@@H]4CC[C@@H](C3)N4CC(F)F)nc2)cc1)NC(=O)[C@@H](NC(=O)OC)C(C)(C)CF)C(C)(C)CF. The van der Waals surface area contributed by atoms with E-state index in [9.17, 15) is 41.8 Å². The number of aromatic nitrogens is 2. The average Bonchev–Trinajstić information content (AvgIpc) is 3.60. The van der Waals surface area contributed by atoms with Gasteiger partial charge in [0.2, 0.25) is 5.91 Å². The van der Waals surface area contributed by atoms with Crippen molar-refractivity contribution in [2.75, 3.05) is 58.6 Å². The van der Waals surface area contributed by atoms with Crippen LogP contribution in [0.2, 0.25) is 5.02 Å². The second-order valence-corrected chi connectivity index (χ2v) is 20.4. The van der Waals surface area contributed by atoms with Crippen molar-refractivity contribution >= 4 is 41.4 Å². The van der Waals surface area contributed by atoms with Gasteiger partial charge in [0.05, 0.1) is 44.8 Å². The van der Waals surface area contributed by atoms with E-state index in [1.807, 2.05) is 17.0 Å². The number of carbonyl (C=O) groups is 4. The zero-order valence-electron chi connectivity index (χ0n) is 42.5. The fourth-order valence-electron chi connectivity index (χ4n) is 8.97. The Morgan fingerprint density at radius 2 is 1.56 bits per heavy atom. The number of alkyl halides is 4. The number of hydrogen-bond acceptors (Lipinski definition) is 12. The van der Waals surface area contributed by atoms with Gasteiger partial charge in [-0.25, -0.2) is 32.8 Å². The second kappa shape index (κ2) is 25.8. The van der Waals surface area contributed by atoms with Gasteiger partial charge in [0.1, 0.15) is 17.7 Å². The third kappa shape index (κ3) is 15.3. The molecule has 2 aromatic carbocycles. The summed E-state index contributed by atoms with van der Waals surface area (Å²) in [7, 11) is 2.31. The Hall–Kier alpha value is -6.60. The number of aliphatic hydroxyl groups excluding tert-OH is 1. The summed E-state index contributed by atoms with van der Waals surface area (Å²) in [6, 6.07) is 15.5. The number of piperazine rings is 1. The zero-order chi connectivity index (χ0) is 54.6. The van der Waals surface area contributed by atoms with E-state index in [1.54, 1.807) is 48.7 Å². The molecule has 2 aliphatic heterocycles. The Bertz CT molecular complexity index is 2630. The predicted octanol–water partition coefficient (Wildman–Crippen LogP) is 6.62. The zero-order valence-corrected chi connectivity index (χ0v) is 43.3. The van der Waals surface area contributed by atoms with E-state index in [-0.39, 0.29) is 35.6 Å². The molecule has 2 aromatic heterocycles. The van der Waals surface area contributed by atoms with Crippen LogP contribution in [0.4, 0.5) is 37.4 Å². The number of nitrogens with zero attached hydrogens (tertiary/aromatic N) is 5. The summed E-state index contributed by atoms with van der Waals surface area (Å²) in [4.78, 5) is 66.0. The third-order valence-electron chi connectivity index (χ3n) is 13.3. The molecule has 0 unspecified atom stereocenters. The normalized spacial score (nSPS) is 17.3. The van der Waals surface area contributed by atoms with Crippen molar-refractivity contribution in [1.29, 1.82) is 0 Å². The van der Waals surface area contributed by atoms with E-state index in [0.717, 1.165) is 30.8 Å². The number of halogens is 6. The largest absolute Gasteiger partial charge is 0.453 e. The molecule has 2 saturated heterocycles. The highest BCUT2D eigenvalue weighted by Crippen LogP contribution is 2.33. The van der Waals surface area contributed by atoms with Gasteiger partial charge in [0, 0.05) is 95.8 Å². The monoisotopic (exact) mass is 1070 g/mol. The van der Waals surface area contributed by atoms with Crippen LogP contribution in [0.5, 0.6) is 0 Å². The van der Waals surface area contributed by atoms with Crippen LogP contribution in [-0.2, 0) is 32.0 Å². The van der Waals surface area contributed by atoms with Crippen LogP contribution in [0.25, 0.3) is 11.3 Å². The number of ether oxygens (including phenoxy) is 2. The number of rotatable bonds is 21. The van der Waals surface area contributed by atoms with Crippen LogP contribution in [0.1, 0.15) is 62.8 Å². The lowest BCUT2D eigenvalue weighted by molar-refractivity contribution is -0.143. The number of nitrogens with one attached hydrogen (secondary N) is 4. The van der Waals surface area contributed by atoms with Gasteiger partial charge in [0.15, 0.2) is 6.10 Å². The number of carbonyl (C=O) groups excluding carboxylic acids is 4. The van der Waals surface area contributed by atoms with Crippen LogP contribution in [0, 0.1) is 28.5 Å². The van der Waals surface area contributed by atoms with Crippen molar-refractivity contribution < 1.29 is 55.7 Å². The lowest BCUT2D eigenvalue weighted by Gasteiger charge is -2.41. The van der Waals surface area contributed by atoms with Gasteiger partial charge in [-0.1, -0.05) is 69.3 Å². The van der Waals surface area contributed by atoms with Crippen molar-refractivity contribution in [1.82, 2.24) is 41.3 Å². The molecular weight excluding hydrogens is 1010 g/mol. The number of fused-ring (bicyclic) bond motifs is 2. The van der Waals surface area contributed by atoms with Gasteiger partial charge in [0.25, 0.3) is 12.3 Å². The molecule has 404 valence electrons. The third-order valence-corrected chi connectivity index (χ3v) is 13.6. The molecule has 4 amide bonds. The maximum atomic E-state index is 16.2. The minimum Gasteiger partial charge on any atom is -0.453 e. The van der Waals surface area contributed by atoms with Gasteiger partial charge in [-0.05, 0) is 73.4 Å². The van der Waals surface area contributed by atoms with Crippen molar-refractivity contribution in [2.24, 2.45) is 10.8 Å². The predicted molar refractivity (Wildman–Crippen MR) is 271 cm³/mol. The molecule has 16 nitrogen and oxygen atoms in total. The number of alkyl carbamates (subject to hydrolysis) is 2. The van der Waals surface area contributed by atoms with E-state index in [0.29, 0.717) is 41.0 Å². The first kappa shape index (κ1) is 57.7. The summed E-state index contributed by atoms with van der Waals surface area (Å²) in [6.45, 7) is 3.18. The fourth-order valence-corrected chi connectivity index (χ4v) is 9.24. The molecule has 4 heterocycles. The van der Waals surface area contributed by atoms with Gasteiger partial charge in [-0.2, -0.15) is 0 Å². The number of benzene rings is 2. The van der Waals surface area contributed by atoms with Crippen molar-refractivity contribution in [3.8, 4) is 23.1 Å². The number of hydrazine groups is 1. The maximum Gasteiger partial charge on any atom is 0.407 e. The molecule has 4 aromatic rings. The Morgan fingerprint density at radius 1 is 0.893 bits per heavy atom. The molecule has 75 heavy (non-hydrogen) atoms. The summed E-state index contributed by atoms with van der Waals surface area (Å²) >= 11 is 6.70. The van der Waals surface area contributed by atoms with Crippen LogP contribution in [0.3, 0.4) is 0 Å². The van der Waals surface area contributed by atoms with Crippen molar-refractivity contribution in [3.63, 3.8) is 0 Å². The summed E-state index contributed by atoms with van der Waals surface area (Å²) < 4.78 is 81.6. The Morgan fingerprint density at radius 3 is 2.13 bits per heavy atom. The van der Waals surface area contributed by atoms with Gasteiger partial charge < -0.3 is 35.4 Å². The van der Waals surface area contributed by atoms with E-state index in [4.69, 9.17) is 21.1 Å². The average molecular weight is 1070 g/mol. The lowest BCUT2D eigenvalue weighted by atomic mass is 9.85. The fraction of sp³-hybridized carbons (Fsp3) is 0.472. The van der Waals surface area contributed by atoms with Gasteiger partial charge in [-0.3, -0.25) is 33.7 Å². The lowest BCUT2D eigenvalue weighted by Crippen LogP contribution is -2.60. The quantitative estimate of drug-likeness (QED) is 0.0342. The molecule has 0 spiro atoms. The van der Waals surface area contributed by atoms with E-state index in [1.165, 1.54) is 53.1 Å². The highest BCUT2D eigenvalue weighted by molar-refractivity contribution is 6.31. The summed E-state index contributed by atoms with van der Waals surface area (Å²) in [5.74, 6) is 4.14. The first-order valence-corrected chi connectivity index (χ1v) is 24.7. The Balaban J connectivity index is 1.27. The summed E-state index contributed by atoms with van der Waals surface area (Å²) in [5.41, 5.74) is 1.83. The van der Waals surface area contributed by atoms with E-state index >= 15 is 4.39 Å². The number of aliphatic hydroxyl groups is 1. The van der Waals surface area contributed by atoms with Crippen LogP contribution in [-0.4, -0.2) is 145 Å². The number of amides is 4. The minimum absolute atomic E-state index is 0.0455. The smallest absolute Gasteiger partial charge is 0.407 e. The Kier molecular flexibility index (Phi) is 19.8. The maximum absolute atomic E-state index is 16.2. The standard InChI is InChI=1S/C53H63ClF5N9O7/c1-52(2,30-55)46(64-51(73)74-6)48(70)63-42(21-33-13-10-32(11-14-33)12-15-34-16-19-45(62-24-34)66-25-36-17-18-37(26-66)68(36)29-44(58)59)43(69)28-67(65-49(71)47(53(3,4)31-56)75-50(72)60-5)27-38-39(54)22-35(23-40(38)57)41-9-7-8-20-61-41/h7-11,13-14,16,19-20,22-24,36-37,42-44,46-47,69H,17-18,21,25-31H2,1-6H3,(H,60,72)(H,63,70)(H,64,73)(H,65,71)/t36-,37-,42-,43-,46+,47+/m0/s1. The molecule has 2 bridgehead atoms. The molecular formula is C53H63ClF5N9O7. The molecule has 0 saturated carbocycles. The highest BCUT2D eigenvalue weighted by atomic mass is 35.5. The minimum atomic E-state index is -2.38. The van der Waals surface area contributed by atoms with E-state index in [2.05, 4.69) is 48.1 Å². The number of anilines is 1. The van der Waals surface area contributed by atoms with Gasteiger partial charge >= 0.3 is 12.2 Å². The molecule has 22 heteroatoms. The molecule has 5 N–H and O–H groups in total. The molecule has 2 aliphatic rings. The molecule has 0 aliphatic carbocycles. The van der Waals surface area contributed by atoms with E-state index < -0.39 is 97.8 Å². The number of hydrogen-bond donors (Lipinski definition) is 5. The number of methoxy groups -OCH3 is 1. The topological polar surface area (TPSA) is 191 Å². The molecule has 2 fully saturated rings. The summed E-state index contributed by atoms with van der Waals surface area (Å²) in [5, 5.41) is 20.5. The molecule has 6 atom stereocenters. The second-order valence-electron chi connectivity index (χ2n) is 20.0. The van der Waals surface area contributed by atoms with Crippen molar-refractivity contribution in [3.05, 3.63) is 112 Å². The van der Waals surface area contributed by atoms with Crippen LogP contribution in [0.15, 0.2) is 79.1 Å². The van der Waals surface area contributed by atoms with Crippen LogP contribution >= 0.6 is 11.6 Å². The molecule has 6 rings (SSSR count). The highest BCUT2D eigenvalue weighted by Gasteiger charge is 2.43. The van der Waals surface area contributed by atoms with Crippen LogP contribution < -0.4 is 26.3 Å². The summed E-state index contributed by atoms with van der Waals surface area (Å²) in [6.07, 6.45) is -3.12. The van der Waals surface area contributed by atoms with Crippen molar-refractivity contribution in [2.45, 2.75) is 96.3 Å². The Labute approximate surface area is 438 Å². The molecule has 0 radical (unpaired) electrons. The van der Waals surface area contributed by atoms with Gasteiger partial charge in [-0.15, -0.1) is 0 Å². The first-order valence-electron chi connectivity index (χ1n) is 24.3.